The van der Waals surface area contributed by atoms with Crippen LogP contribution in [-0.4, -0.2) is 33.3 Å². The first-order valence-electron chi connectivity index (χ1n) is 10.8. The van der Waals surface area contributed by atoms with Crippen molar-refractivity contribution in [3.05, 3.63) is 104 Å². The van der Waals surface area contributed by atoms with Gasteiger partial charge in [-0.2, -0.15) is 0 Å². The highest BCUT2D eigenvalue weighted by molar-refractivity contribution is 9.10. The van der Waals surface area contributed by atoms with Crippen LogP contribution in [0.15, 0.2) is 82.4 Å². The Morgan fingerprint density at radius 2 is 1.83 bits per heavy atom. The molecule has 1 atom stereocenters. The molecule has 0 spiro atoms. The minimum Gasteiger partial charge on any atom is -0.497 e. The van der Waals surface area contributed by atoms with Crippen LogP contribution in [0, 0.1) is 17.0 Å². The van der Waals surface area contributed by atoms with Gasteiger partial charge in [0.2, 0.25) is 6.54 Å². The number of thioether (sulfide) groups is 1. The van der Waals surface area contributed by atoms with Crippen LogP contribution >= 0.6 is 27.7 Å². The van der Waals surface area contributed by atoms with E-state index in [9.17, 15) is 10.1 Å². The standard InChI is InChI=1S/C25H23BrN4O4S/c1-17-27-28-25(30(17)20-9-11-21(33-2)12-10-20)35-24(15-29(31)32)22-14-19(26)8-13-23(22)34-16-18-6-4-3-5-7-18/h3-14,24H,15-16H2,1-2H3/t24-/m0/s1. The van der Waals surface area contributed by atoms with E-state index in [1.54, 1.807) is 7.11 Å². The molecule has 0 aliphatic rings. The Balaban J connectivity index is 1.67. The van der Waals surface area contributed by atoms with Crippen molar-refractivity contribution >= 4 is 27.7 Å². The van der Waals surface area contributed by atoms with Crippen molar-refractivity contribution in [1.82, 2.24) is 14.8 Å². The normalized spacial score (nSPS) is 11.7. The molecule has 0 bridgehead atoms. The summed E-state index contributed by atoms with van der Waals surface area (Å²) in [6.07, 6.45) is 0. The van der Waals surface area contributed by atoms with Gasteiger partial charge in [0.1, 0.15) is 29.2 Å². The fraction of sp³-hybridized carbons (Fsp3) is 0.200. The number of rotatable bonds is 10. The molecule has 3 aromatic carbocycles. The number of ether oxygens (including phenoxy) is 2. The SMILES string of the molecule is COc1ccc(-n2c(C)nnc2S[C@@H](C[N+](=O)[O-])c2cc(Br)ccc2OCc2ccccc2)cc1. The third-order valence-electron chi connectivity index (χ3n) is 5.24. The molecular formula is C25H23BrN4O4S. The lowest BCUT2D eigenvalue weighted by Crippen LogP contribution is -2.12. The van der Waals surface area contributed by atoms with Crippen molar-refractivity contribution in [3.63, 3.8) is 0 Å². The minimum absolute atomic E-state index is 0.308. The summed E-state index contributed by atoms with van der Waals surface area (Å²) in [5, 5.41) is 20.2. The second-order valence-electron chi connectivity index (χ2n) is 7.64. The molecule has 0 fully saturated rings. The first-order valence-corrected chi connectivity index (χ1v) is 12.4. The molecule has 180 valence electrons. The lowest BCUT2D eigenvalue weighted by Gasteiger charge is -2.18. The number of methoxy groups -OCH3 is 1. The number of hydrogen-bond donors (Lipinski definition) is 0. The zero-order valence-electron chi connectivity index (χ0n) is 19.1. The highest BCUT2D eigenvalue weighted by atomic mass is 79.9. The molecule has 1 aromatic heterocycles. The molecule has 35 heavy (non-hydrogen) atoms. The fourth-order valence-electron chi connectivity index (χ4n) is 3.55. The number of hydrogen-bond acceptors (Lipinski definition) is 7. The summed E-state index contributed by atoms with van der Waals surface area (Å²) in [7, 11) is 1.61. The highest BCUT2D eigenvalue weighted by Gasteiger charge is 2.27. The summed E-state index contributed by atoms with van der Waals surface area (Å²) in [6.45, 7) is 1.89. The molecular weight excluding hydrogens is 532 g/mol. The maximum atomic E-state index is 11.7. The van der Waals surface area contributed by atoms with Gasteiger partial charge in [-0.15, -0.1) is 10.2 Å². The summed E-state index contributed by atoms with van der Waals surface area (Å²) >= 11 is 4.78. The van der Waals surface area contributed by atoms with E-state index in [-0.39, 0.29) is 11.5 Å². The maximum absolute atomic E-state index is 11.7. The summed E-state index contributed by atoms with van der Waals surface area (Å²) in [5.41, 5.74) is 2.55. The van der Waals surface area contributed by atoms with Crippen LogP contribution in [0.5, 0.6) is 11.5 Å². The molecule has 0 aliphatic carbocycles. The highest BCUT2D eigenvalue weighted by Crippen LogP contribution is 2.41. The topological polar surface area (TPSA) is 92.3 Å². The van der Waals surface area contributed by atoms with Gasteiger partial charge < -0.3 is 9.47 Å². The first kappa shape index (κ1) is 24.7. The number of benzene rings is 3. The molecule has 4 aromatic rings. The molecule has 0 aliphatic heterocycles. The molecule has 0 amide bonds. The maximum Gasteiger partial charge on any atom is 0.220 e. The van der Waals surface area contributed by atoms with Crippen molar-refractivity contribution in [2.24, 2.45) is 0 Å². The average Bonchev–Trinajstić information content (AvgIpc) is 3.23. The quantitative estimate of drug-likeness (QED) is 0.134. The van der Waals surface area contributed by atoms with Gasteiger partial charge in [0, 0.05) is 20.6 Å². The predicted octanol–water partition coefficient (Wildman–Crippen LogP) is 6.04. The smallest absolute Gasteiger partial charge is 0.220 e. The summed E-state index contributed by atoms with van der Waals surface area (Å²) in [5.74, 6) is 1.99. The van der Waals surface area contributed by atoms with E-state index in [0.717, 1.165) is 21.5 Å². The van der Waals surface area contributed by atoms with Crippen LogP contribution in [0.2, 0.25) is 0 Å². The monoisotopic (exact) mass is 554 g/mol. The van der Waals surface area contributed by atoms with Gasteiger partial charge in [0.05, 0.1) is 7.11 Å². The van der Waals surface area contributed by atoms with Gasteiger partial charge in [0.25, 0.3) is 0 Å². The van der Waals surface area contributed by atoms with Gasteiger partial charge in [-0.25, -0.2) is 0 Å². The van der Waals surface area contributed by atoms with E-state index < -0.39 is 5.25 Å². The van der Waals surface area contributed by atoms with Gasteiger partial charge in [-0.1, -0.05) is 58.0 Å². The summed E-state index contributed by atoms with van der Waals surface area (Å²) in [6, 6.07) is 22.8. The molecule has 4 rings (SSSR count). The Morgan fingerprint density at radius 1 is 1.09 bits per heavy atom. The Labute approximate surface area is 215 Å². The molecule has 0 saturated heterocycles. The fourth-order valence-corrected chi connectivity index (χ4v) is 5.12. The van der Waals surface area contributed by atoms with Crippen molar-refractivity contribution < 1.29 is 14.4 Å². The van der Waals surface area contributed by atoms with Crippen LogP contribution in [0.4, 0.5) is 0 Å². The van der Waals surface area contributed by atoms with E-state index in [1.165, 1.54) is 11.8 Å². The van der Waals surface area contributed by atoms with Gasteiger partial charge >= 0.3 is 0 Å². The summed E-state index contributed by atoms with van der Waals surface area (Å²) in [4.78, 5) is 11.3. The molecule has 0 N–H and O–H groups in total. The van der Waals surface area contributed by atoms with Crippen LogP contribution in [0.1, 0.15) is 22.2 Å². The minimum atomic E-state index is -0.561. The van der Waals surface area contributed by atoms with Crippen LogP contribution in [0.3, 0.4) is 0 Å². The predicted molar refractivity (Wildman–Crippen MR) is 138 cm³/mol. The average molecular weight is 555 g/mol. The van der Waals surface area contributed by atoms with E-state index >= 15 is 0 Å². The number of nitro groups is 1. The number of nitrogens with zero attached hydrogens (tertiary/aromatic N) is 4. The Kier molecular flexibility index (Phi) is 8.04. The van der Waals surface area contributed by atoms with E-state index in [0.29, 0.717) is 28.9 Å². The second-order valence-corrected chi connectivity index (χ2v) is 9.73. The third-order valence-corrected chi connectivity index (χ3v) is 6.90. The van der Waals surface area contributed by atoms with Crippen LogP contribution in [0.25, 0.3) is 5.69 Å². The molecule has 0 unspecified atom stereocenters. The van der Waals surface area contributed by atoms with Crippen molar-refractivity contribution in [1.29, 1.82) is 0 Å². The number of aromatic nitrogens is 3. The third kappa shape index (κ3) is 6.20. The molecule has 10 heteroatoms. The Bertz CT molecular complexity index is 1300. The van der Waals surface area contributed by atoms with Gasteiger partial charge in [0.15, 0.2) is 5.16 Å². The van der Waals surface area contributed by atoms with E-state index in [4.69, 9.17) is 9.47 Å². The Hall–Kier alpha value is -3.37. The number of aryl methyl sites for hydroxylation is 1. The number of halogens is 1. The summed E-state index contributed by atoms with van der Waals surface area (Å²) < 4.78 is 14.0. The van der Waals surface area contributed by atoms with Crippen molar-refractivity contribution in [3.8, 4) is 17.2 Å². The molecule has 1 heterocycles. The first-order chi connectivity index (χ1) is 16.9. The molecule has 0 radical (unpaired) electrons. The van der Waals surface area contributed by atoms with Crippen LogP contribution < -0.4 is 9.47 Å². The zero-order chi connectivity index (χ0) is 24.8. The van der Waals surface area contributed by atoms with Gasteiger partial charge in [-0.3, -0.25) is 14.7 Å². The van der Waals surface area contributed by atoms with E-state index in [1.807, 2.05) is 84.3 Å². The second kappa shape index (κ2) is 11.4. The Morgan fingerprint density at radius 3 is 2.51 bits per heavy atom. The lowest BCUT2D eigenvalue weighted by molar-refractivity contribution is -0.479. The van der Waals surface area contributed by atoms with Gasteiger partial charge in [-0.05, 0) is 55.0 Å². The molecule has 8 nitrogen and oxygen atoms in total. The lowest BCUT2D eigenvalue weighted by atomic mass is 10.1. The van der Waals surface area contributed by atoms with Crippen LogP contribution in [-0.2, 0) is 6.61 Å². The van der Waals surface area contributed by atoms with E-state index in [2.05, 4.69) is 26.1 Å². The van der Waals surface area contributed by atoms with Crippen molar-refractivity contribution in [2.45, 2.75) is 23.9 Å². The van der Waals surface area contributed by atoms with Crippen molar-refractivity contribution in [2.75, 3.05) is 13.7 Å². The zero-order valence-corrected chi connectivity index (χ0v) is 21.5. The largest absolute Gasteiger partial charge is 0.497 e. The molecule has 0 saturated carbocycles.